The Morgan fingerprint density at radius 3 is 1.82 bits per heavy atom. The van der Waals surface area contributed by atoms with Crippen molar-refractivity contribution in [1.29, 1.82) is 0 Å². The van der Waals surface area contributed by atoms with E-state index in [2.05, 4.69) is 85.5 Å². The second-order valence-corrected chi connectivity index (χ2v) is 12.2. The zero-order valence-electron chi connectivity index (χ0n) is 26.6. The highest BCUT2D eigenvalue weighted by molar-refractivity contribution is 5.76. The Hall–Kier alpha value is -3.89. The number of carbonyl (C=O) groups excluding carboxylic acids is 1. The molecule has 4 aromatic rings. The average molecular weight is 590 g/mol. The highest BCUT2D eigenvalue weighted by Gasteiger charge is 2.27. The first kappa shape index (κ1) is 31.5. The second kappa shape index (κ2) is 15.7. The normalized spacial score (nSPS) is 14.8. The lowest BCUT2D eigenvalue weighted by molar-refractivity contribution is -0.139. The first-order chi connectivity index (χ1) is 21.6. The summed E-state index contributed by atoms with van der Waals surface area (Å²) in [5.74, 6) is 1.89. The van der Waals surface area contributed by atoms with Gasteiger partial charge in [-0.1, -0.05) is 98.8 Å². The molecule has 1 aliphatic rings. The van der Waals surface area contributed by atoms with E-state index in [4.69, 9.17) is 9.47 Å². The van der Waals surface area contributed by atoms with Crippen LogP contribution in [0.25, 0.3) is 0 Å². The summed E-state index contributed by atoms with van der Waals surface area (Å²) in [5.41, 5.74) is 6.05. The molecule has 0 N–H and O–H groups in total. The molecule has 1 fully saturated rings. The van der Waals surface area contributed by atoms with Crippen molar-refractivity contribution >= 4 is 5.97 Å². The van der Waals surface area contributed by atoms with Crippen LogP contribution in [0.2, 0.25) is 0 Å². The maximum Gasteiger partial charge on any atom is 0.315 e. The van der Waals surface area contributed by atoms with E-state index in [1.165, 1.54) is 24.0 Å². The third-order valence-electron chi connectivity index (χ3n) is 9.21. The molecule has 0 spiro atoms. The Morgan fingerprint density at radius 1 is 0.727 bits per heavy atom. The number of hydrogen-bond donors (Lipinski definition) is 0. The molecular formula is C40H47NO3. The summed E-state index contributed by atoms with van der Waals surface area (Å²) in [6.07, 6.45) is 5.81. The minimum Gasteiger partial charge on any atom is -0.497 e. The van der Waals surface area contributed by atoms with Crippen LogP contribution in [0.4, 0.5) is 0 Å². The summed E-state index contributed by atoms with van der Waals surface area (Å²) in [4.78, 5) is 16.4. The minimum atomic E-state index is -0.276. The van der Waals surface area contributed by atoms with Crippen molar-refractivity contribution in [3.63, 3.8) is 0 Å². The molecule has 5 rings (SSSR count). The Morgan fingerprint density at radius 2 is 1.27 bits per heavy atom. The molecule has 0 aromatic heterocycles. The molecule has 0 radical (unpaired) electrons. The van der Waals surface area contributed by atoms with Crippen molar-refractivity contribution in [3.8, 4) is 11.5 Å². The van der Waals surface area contributed by atoms with Crippen molar-refractivity contribution in [2.24, 2.45) is 5.92 Å². The quantitative estimate of drug-likeness (QED) is 0.109. The van der Waals surface area contributed by atoms with Gasteiger partial charge in [0.1, 0.15) is 11.5 Å². The van der Waals surface area contributed by atoms with Crippen LogP contribution in [0.3, 0.4) is 0 Å². The van der Waals surface area contributed by atoms with E-state index in [0.29, 0.717) is 30.4 Å². The van der Waals surface area contributed by atoms with Crippen LogP contribution in [-0.2, 0) is 24.2 Å². The lowest BCUT2D eigenvalue weighted by Crippen LogP contribution is -2.26. The van der Waals surface area contributed by atoms with Crippen LogP contribution in [-0.4, -0.2) is 31.1 Å². The van der Waals surface area contributed by atoms with E-state index in [1.807, 2.05) is 36.4 Å². The number of likely N-dealkylation sites (tertiary alicyclic amines) is 1. The molecule has 0 aliphatic carbocycles. The molecule has 1 aliphatic heterocycles. The van der Waals surface area contributed by atoms with Crippen molar-refractivity contribution in [2.75, 3.05) is 20.2 Å². The fourth-order valence-electron chi connectivity index (χ4n) is 6.82. The van der Waals surface area contributed by atoms with Crippen molar-refractivity contribution in [3.05, 3.63) is 131 Å². The van der Waals surface area contributed by atoms with Gasteiger partial charge in [0.2, 0.25) is 0 Å². The lowest BCUT2D eigenvalue weighted by Gasteiger charge is -2.28. The zero-order valence-corrected chi connectivity index (χ0v) is 26.6. The molecule has 0 bridgehead atoms. The fourth-order valence-corrected chi connectivity index (χ4v) is 6.82. The molecule has 0 unspecified atom stereocenters. The molecule has 2 atom stereocenters. The number of nitrogens with zero attached hydrogens (tertiary/aromatic N) is 1. The number of hydrogen-bond acceptors (Lipinski definition) is 4. The maximum atomic E-state index is 13.9. The molecule has 4 aromatic carbocycles. The van der Waals surface area contributed by atoms with Gasteiger partial charge in [-0.15, -0.1) is 0 Å². The highest BCUT2D eigenvalue weighted by atomic mass is 16.5. The molecule has 4 heteroatoms. The third-order valence-corrected chi connectivity index (χ3v) is 9.21. The topological polar surface area (TPSA) is 38.8 Å². The van der Waals surface area contributed by atoms with Crippen LogP contribution in [0, 0.1) is 5.92 Å². The summed E-state index contributed by atoms with van der Waals surface area (Å²) >= 11 is 0. The van der Waals surface area contributed by atoms with Crippen LogP contribution in [0.15, 0.2) is 103 Å². The minimum absolute atomic E-state index is 0.162. The average Bonchev–Trinajstić information content (AvgIpc) is 3.58. The van der Waals surface area contributed by atoms with Gasteiger partial charge >= 0.3 is 5.97 Å². The van der Waals surface area contributed by atoms with E-state index in [9.17, 15) is 4.79 Å². The van der Waals surface area contributed by atoms with Crippen LogP contribution < -0.4 is 9.47 Å². The Balaban J connectivity index is 1.43. The van der Waals surface area contributed by atoms with Crippen LogP contribution >= 0.6 is 0 Å². The first-order valence-electron chi connectivity index (χ1n) is 16.4. The van der Waals surface area contributed by atoms with Crippen LogP contribution in [0.1, 0.15) is 79.2 Å². The van der Waals surface area contributed by atoms with Gasteiger partial charge in [0, 0.05) is 12.1 Å². The van der Waals surface area contributed by atoms with Gasteiger partial charge in [0.25, 0.3) is 0 Å². The van der Waals surface area contributed by atoms with Crippen LogP contribution in [0.5, 0.6) is 11.5 Å². The van der Waals surface area contributed by atoms with Gasteiger partial charge in [-0.25, -0.2) is 0 Å². The maximum absolute atomic E-state index is 13.9. The number of methoxy groups -OCH3 is 1. The third kappa shape index (κ3) is 8.18. The first-order valence-corrected chi connectivity index (χ1v) is 16.4. The van der Waals surface area contributed by atoms with Gasteiger partial charge in [-0.3, -0.25) is 9.69 Å². The molecule has 4 nitrogen and oxygen atoms in total. The molecule has 1 saturated heterocycles. The Labute approximate surface area is 264 Å². The van der Waals surface area contributed by atoms with E-state index in [1.54, 1.807) is 7.11 Å². The van der Waals surface area contributed by atoms with E-state index >= 15 is 0 Å². The lowest BCUT2D eigenvalue weighted by atomic mass is 9.78. The monoisotopic (exact) mass is 589 g/mol. The Kier molecular flexibility index (Phi) is 11.3. The summed E-state index contributed by atoms with van der Waals surface area (Å²) in [5, 5.41) is 0. The largest absolute Gasteiger partial charge is 0.497 e. The van der Waals surface area contributed by atoms with Gasteiger partial charge in [0.05, 0.1) is 13.0 Å². The standard InChI is InChI=1S/C40H47NO3/c1-4-37(32-18-21-36(43-3)22-19-32)38(5-2)33-20-23-39(35(28-33)29-41-24-12-13-25-41)44-40(42)34(26-30-14-8-6-9-15-30)27-31-16-10-7-11-17-31/h6-11,14-23,28,34,37-38H,4-5,12-13,24-27,29H2,1-3H3/t37-,38-/m1/s1. The number of carbonyl (C=O) groups is 1. The predicted octanol–water partition coefficient (Wildman–Crippen LogP) is 8.99. The number of ether oxygens (including phenoxy) is 2. The zero-order chi connectivity index (χ0) is 30.7. The van der Waals surface area contributed by atoms with Crippen molar-refractivity contribution < 1.29 is 14.3 Å². The van der Waals surface area contributed by atoms with Gasteiger partial charge < -0.3 is 9.47 Å². The molecule has 1 heterocycles. The summed E-state index contributed by atoms with van der Waals surface area (Å²) < 4.78 is 11.8. The number of benzene rings is 4. The van der Waals surface area contributed by atoms with E-state index in [-0.39, 0.29) is 11.9 Å². The van der Waals surface area contributed by atoms with E-state index in [0.717, 1.165) is 54.9 Å². The molecule has 0 saturated carbocycles. The molecule has 44 heavy (non-hydrogen) atoms. The van der Waals surface area contributed by atoms with Gasteiger partial charge in [-0.05, 0) is 104 Å². The Bertz CT molecular complexity index is 1400. The van der Waals surface area contributed by atoms with Crippen molar-refractivity contribution in [1.82, 2.24) is 4.90 Å². The smallest absolute Gasteiger partial charge is 0.315 e. The second-order valence-electron chi connectivity index (χ2n) is 12.2. The van der Waals surface area contributed by atoms with E-state index < -0.39 is 0 Å². The van der Waals surface area contributed by atoms with Gasteiger partial charge in [0.15, 0.2) is 0 Å². The number of esters is 1. The molecule has 0 amide bonds. The summed E-state index contributed by atoms with van der Waals surface area (Å²) in [6, 6.07) is 35.7. The predicted molar refractivity (Wildman–Crippen MR) is 179 cm³/mol. The summed E-state index contributed by atoms with van der Waals surface area (Å²) in [6.45, 7) is 7.53. The SMILES string of the molecule is CC[C@H](c1ccc(OC)cc1)[C@H](CC)c1ccc(OC(=O)C(Cc2ccccc2)Cc2ccccc2)c(CN2CCCC2)c1. The van der Waals surface area contributed by atoms with Crippen molar-refractivity contribution in [2.45, 2.75) is 70.8 Å². The summed E-state index contributed by atoms with van der Waals surface area (Å²) in [7, 11) is 1.71. The fraction of sp³-hybridized carbons (Fsp3) is 0.375. The number of rotatable bonds is 14. The highest BCUT2D eigenvalue weighted by Crippen LogP contribution is 2.40. The molecule has 230 valence electrons. The van der Waals surface area contributed by atoms with Gasteiger partial charge in [-0.2, -0.15) is 0 Å². The molecular weight excluding hydrogens is 542 g/mol.